The van der Waals surface area contributed by atoms with Gasteiger partial charge in [-0.1, -0.05) is 36.4 Å². The van der Waals surface area contributed by atoms with Gasteiger partial charge in [-0.3, -0.25) is 0 Å². The third kappa shape index (κ3) is 2.19. The van der Waals surface area contributed by atoms with Gasteiger partial charge in [0.2, 0.25) is 0 Å². The zero-order valence-electron chi connectivity index (χ0n) is 11.4. The minimum absolute atomic E-state index is 0.184. The maximum Gasteiger partial charge on any atom is 0.134 e. The van der Waals surface area contributed by atoms with Crippen molar-refractivity contribution in [3.05, 3.63) is 63.8 Å². The molecule has 0 aliphatic carbocycles. The van der Waals surface area contributed by atoms with E-state index in [9.17, 15) is 0 Å². The van der Waals surface area contributed by atoms with Gasteiger partial charge in [0, 0.05) is 0 Å². The summed E-state index contributed by atoms with van der Waals surface area (Å²) < 4.78 is 5.41. The SMILES string of the molecule is COc1ccsc1C(Cl)c1c(C)ccc2ccccc12. The molecule has 0 fully saturated rings. The van der Waals surface area contributed by atoms with Gasteiger partial charge in [0.1, 0.15) is 5.75 Å². The van der Waals surface area contributed by atoms with Crippen LogP contribution >= 0.6 is 22.9 Å². The maximum atomic E-state index is 6.77. The Morgan fingerprint density at radius 2 is 1.90 bits per heavy atom. The smallest absolute Gasteiger partial charge is 0.134 e. The fourth-order valence-corrected chi connectivity index (χ4v) is 3.93. The van der Waals surface area contributed by atoms with E-state index in [2.05, 4.69) is 43.3 Å². The average Bonchev–Trinajstić information content (AvgIpc) is 2.95. The van der Waals surface area contributed by atoms with E-state index in [1.165, 1.54) is 21.9 Å². The van der Waals surface area contributed by atoms with Crippen LogP contribution in [0.15, 0.2) is 47.8 Å². The van der Waals surface area contributed by atoms with E-state index in [1.54, 1.807) is 18.4 Å². The van der Waals surface area contributed by atoms with E-state index in [1.807, 2.05) is 11.4 Å². The van der Waals surface area contributed by atoms with E-state index >= 15 is 0 Å². The van der Waals surface area contributed by atoms with Crippen LogP contribution < -0.4 is 4.74 Å². The van der Waals surface area contributed by atoms with Crippen molar-refractivity contribution in [3.63, 3.8) is 0 Å². The molecule has 20 heavy (non-hydrogen) atoms. The van der Waals surface area contributed by atoms with Crippen molar-refractivity contribution in [2.75, 3.05) is 7.11 Å². The zero-order chi connectivity index (χ0) is 14.1. The topological polar surface area (TPSA) is 9.23 Å². The molecule has 0 radical (unpaired) electrons. The number of methoxy groups -OCH3 is 1. The third-order valence-corrected chi connectivity index (χ3v) is 5.08. The van der Waals surface area contributed by atoms with Crippen LogP contribution in [0.5, 0.6) is 5.75 Å². The van der Waals surface area contributed by atoms with Crippen molar-refractivity contribution in [1.82, 2.24) is 0 Å². The summed E-state index contributed by atoms with van der Waals surface area (Å²) in [5, 5.41) is 4.26. The number of halogens is 1. The van der Waals surface area contributed by atoms with Crippen LogP contribution in [0.2, 0.25) is 0 Å². The second-order valence-corrected chi connectivity index (χ2v) is 6.12. The van der Waals surface area contributed by atoms with Crippen molar-refractivity contribution >= 4 is 33.7 Å². The van der Waals surface area contributed by atoms with E-state index < -0.39 is 0 Å². The van der Waals surface area contributed by atoms with Gasteiger partial charge in [0.15, 0.2) is 0 Å². The second-order valence-electron chi connectivity index (χ2n) is 4.73. The van der Waals surface area contributed by atoms with Crippen LogP contribution in [0.3, 0.4) is 0 Å². The molecular formula is C17H15ClOS. The summed E-state index contributed by atoms with van der Waals surface area (Å²) >= 11 is 8.41. The molecule has 2 aromatic carbocycles. The van der Waals surface area contributed by atoms with Gasteiger partial charge in [-0.2, -0.15) is 0 Å². The lowest BCUT2D eigenvalue weighted by Crippen LogP contribution is -1.98. The molecule has 0 aliphatic rings. The van der Waals surface area contributed by atoms with Crippen LogP contribution in [0.1, 0.15) is 21.4 Å². The molecular weight excluding hydrogens is 288 g/mol. The zero-order valence-corrected chi connectivity index (χ0v) is 13.0. The molecule has 0 N–H and O–H groups in total. The molecule has 1 aromatic heterocycles. The molecule has 1 unspecified atom stereocenters. The molecule has 1 heterocycles. The molecule has 3 rings (SSSR count). The number of hydrogen-bond donors (Lipinski definition) is 0. The van der Waals surface area contributed by atoms with Crippen molar-refractivity contribution in [2.24, 2.45) is 0 Å². The summed E-state index contributed by atoms with van der Waals surface area (Å²) in [6.45, 7) is 2.11. The lowest BCUT2D eigenvalue weighted by molar-refractivity contribution is 0.413. The quantitative estimate of drug-likeness (QED) is 0.577. The first-order valence-corrected chi connectivity index (χ1v) is 7.77. The van der Waals surface area contributed by atoms with Crippen molar-refractivity contribution in [3.8, 4) is 5.75 Å². The summed E-state index contributed by atoms with van der Waals surface area (Å²) in [7, 11) is 1.69. The Morgan fingerprint density at radius 3 is 2.70 bits per heavy atom. The van der Waals surface area contributed by atoms with Gasteiger partial charge in [0.05, 0.1) is 17.4 Å². The average molecular weight is 303 g/mol. The number of fused-ring (bicyclic) bond motifs is 1. The maximum absolute atomic E-state index is 6.77. The van der Waals surface area contributed by atoms with Crippen molar-refractivity contribution in [1.29, 1.82) is 0 Å². The van der Waals surface area contributed by atoms with E-state index in [4.69, 9.17) is 16.3 Å². The number of aryl methyl sites for hydroxylation is 1. The number of thiophene rings is 1. The summed E-state index contributed by atoms with van der Waals surface area (Å²) in [6.07, 6.45) is 0. The molecule has 0 amide bonds. The highest BCUT2D eigenvalue weighted by atomic mass is 35.5. The Bertz CT molecular complexity index is 748. The number of ether oxygens (including phenoxy) is 1. The Hall–Kier alpha value is -1.51. The van der Waals surface area contributed by atoms with Gasteiger partial charge in [0.25, 0.3) is 0 Å². The van der Waals surface area contributed by atoms with E-state index in [0.29, 0.717) is 0 Å². The second kappa shape index (κ2) is 5.47. The molecule has 3 aromatic rings. The van der Waals surface area contributed by atoms with Crippen LogP contribution in [0, 0.1) is 6.92 Å². The number of alkyl halides is 1. The first kappa shape index (κ1) is 13.5. The fourth-order valence-electron chi connectivity index (χ4n) is 2.53. The van der Waals surface area contributed by atoms with Gasteiger partial charge < -0.3 is 4.74 Å². The van der Waals surface area contributed by atoms with Gasteiger partial charge in [-0.15, -0.1) is 22.9 Å². The molecule has 3 heteroatoms. The van der Waals surface area contributed by atoms with E-state index in [-0.39, 0.29) is 5.38 Å². The molecule has 0 bridgehead atoms. The predicted octanol–water partition coefficient (Wildman–Crippen LogP) is 5.55. The van der Waals surface area contributed by atoms with Crippen LogP contribution in [-0.4, -0.2) is 7.11 Å². The van der Waals surface area contributed by atoms with Crippen LogP contribution in [0.25, 0.3) is 10.8 Å². The van der Waals surface area contributed by atoms with Crippen molar-refractivity contribution < 1.29 is 4.74 Å². The minimum Gasteiger partial charge on any atom is -0.496 e. The molecule has 0 spiro atoms. The van der Waals surface area contributed by atoms with Crippen LogP contribution in [-0.2, 0) is 0 Å². The molecule has 1 atom stereocenters. The van der Waals surface area contributed by atoms with Crippen LogP contribution in [0.4, 0.5) is 0 Å². The first-order valence-electron chi connectivity index (χ1n) is 6.46. The van der Waals surface area contributed by atoms with E-state index in [0.717, 1.165) is 10.6 Å². The summed E-state index contributed by atoms with van der Waals surface area (Å²) in [4.78, 5) is 1.06. The Kier molecular flexibility index (Phi) is 3.68. The normalized spacial score (nSPS) is 12.6. The van der Waals surface area contributed by atoms with Gasteiger partial charge in [-0.05, 0) is 40.3 Å². The Balaban J connectivity index is 2.21. The Morgan fingerprint density at radius 1 is 1.10 bits per heavy atom. The molecule has 0 saturated heterocycles. The monoisotopic (exact) mass is 302 g/mol. The highest BCUT2D eigenvalue weighted by molar-refractivity contribution is 7.10. The van der Waals surface area contributed by atoms with Gasteiger partial charge >= 0.3 is 0 Å². The molecule has 102 valence electrons. The summed E-state index contributed by atoms with van der Waals surface area (Å²) in [5.74, 6) is 0.863. The van der Waals surface area contributed by atoms with Gasteiger partial charge in [-0.25, -0.2) is 0 Å². The number of rotatable bonds is 3. The first-order chi connectivity index (χ1) is 9.72. The highest BCUT2D eigenvalue weighted by Crippen LogP contribution is 2.42. The highest BCUT2D eigenvalue weighted by Gasteiger charge is 2.21. The largest absolute Gasteiger partial charge is 0.496 e. The number of benzene rings is 2. The lowest BCUT2D eigenvalue weighted by atomic mass is 9.96. The fraction of sp³-hybridized carbons (Fsp3) is 0.176. The number of hydrogen-bond acceptors (Lipinski definition) is 2. The molecule has 0 saturated carbocycles. The lowest BCUT2D eigenvalue weighted by Gasteiger charge is -2.16. The Labute approximate surface area is 127 Å². The standard InChI is InChI=1S/C17H15ClOS/c1-11-7-8-12-5-3-4-6-13(12)15(11)16(18)17-14(19-2)9-10-20-17/h3-10,16H,1-2H3. The minimum atomic E-state index is -0.184. The molecule has 1 nitrogen and oxygen atoms in total. The van der Waals surface area contributed by atoms with Crippen molar-refractivity contribution in [2.45, 2.75) is 12.3 Å². The molecule has 0 aliphatic heterocycles. The predicted molar refractivity (Wildman–Crippen MR) is 87.3 cm³/mol. The third-order valence-electron chi connectivity index (χ3n) is 3.55. The summed E-state index contributed by atoms with van der Waals surface area (Å²) in [6, 6.07) is 14.6. The summed E-state index contributed by atoms with van der Waals surface area (Å²) in [5.41, 5.74) is 2.38.